The number of aromatic nitrogens is 4. The van der Waals surface area contributed by atoms with E-state index < -0.39 is 0 Å². The number of nitrogens with zero attached hydrogens (tertiary/aromatic N) is 4. The Morgan fingerprint density at radius 3 is 2.71 bits per heavy atom. The van der Waals surface area contributed by atoms with Crippen LogP contribution >= 0.6 is 15.9 Å². The Morgan fingerprint density at radius 1 is 1.21 bits per heavy atom. The van der Waals surface area contributed by atoms with Crippen LogP contribution in [0.15, 0.2) is 53.4 Å². The van der Waals surface area contributed by atoms with Crippen LogP contribution in [-0.4, -0.2) is 25.5 Å². The second-order valence-electron chi connectivity index (χ2n) is 5.51. The SMILES string of the molecule is Cc1c(Br)cnn1CCC(=O)Nc1cnn(Cc2ccccc2)c1. The normalized spacial score (nSPS) is 10.8. The highest BCUT2D eigenvalue weighted by molar-refractivity contribution is 9.10. The summed E-state index contributed by atoms with van der Waals surface area (Å²) in [4.78, 5) is 12.1. The molecular weight excluding hydrogens is 370 g/mol. The van der Waals surface area contributed by atoms with Gasteiger partial charge in [-0.2, -0.15) is 10.2 Å². The smallest absolute Gasteiger partial charge is 0.226 e. The number of carbonyl (C=O) groups excluding carboxylic acids is 1. The van der Waals surface area contributed by atoms with Gasteiger partial charge in [-0.3, -0.25) is 14.2 Å². The molecule has 0 saturated carbocycles. The van der Waals surface area contributed by atoms with E-state index in [0.29, 0.717) is 25.2 Å². The minimum absolute atomic E-state index is 0.0553. The van der Waals surface area contributed by atoms with Crippen LogP contribution in [0.1, 0.15) is 17.7 Å². The Balaban J connectivity index is 1.52. The summed E-state index contributed by atoms with van der Waals surface area (Å²) < 4.78 is 4.56. The molecule has 0 spiro atoms. The average Bonchev–Trinajstić information content (AvgIpc) is 3.14. The number of hydrogen-bond donors (Lipinski definition) is 1. The van der Waals surface area contributed by atoms with Crippen molar-refractivity contribution in [3.63, 3.8) is 0 Å². The number of aryl methyl sites for hydroxylation is 1. The third kappa shape index (κ3) is 4.11. The molecule has 0 atom stereocenters. The molecule has 0 aliphatic heterocycles. The molecule has 2 heterocycles. The van der Waals surface area contributed by atoms with Crippen molar-refractivity contribution in [1.29, 1.82) is 0 Å². The zero-order valence-electron chi connectivity index (χ0n) is 13.3. The van der Waals surface area contributed by atoms with E-state index in [0.717, 1.165) is 10.2 Å². The molecule has 24 heavy (non-hydrogen) atoms. The zero-order chi connectivity index (χ0) is 16.9. The molecule has 0 aliphatic carbocycles. The second kappa shape index (κ2) is 7.44. The van der Waals surface area contributed by atoms with Crippen molar-refractivity contribution < 1.29 is 4.79 Å². The molecule has 0 aliphatic rings. The molecule has 6 nitrogen and oxygen atoms in total. The van der Waals surface area contributed by atoms with Crippen molar-refractivity contribution in [3.05, 3.63) is 64.7 Å². The van der Waals surface area contributed by atoms with E-state index in [1.54, 1.807) is 17.1 Å². The lowest BCUT2D eigenvalue weighted by Gasteiger charge is -2.05. The molecule has 0 fully saturated rings. The van der Waals surface area contributed by atoms with Gasteiger partial charge in [-0.1, -0.05) is 30.3 Å². The van der Waals surface area contributed by atoms with Crippen LogP contribution in [0.2, 0.25) is 0 Å². The van der Waals surface area contributed by atoms with Gasteiger partial charge in [-0.15, -0.1) is 0 Å². The van der Waals surface area contributed by atoms with E-state index in [1.165, 1.54) is 5.56 Å². The highest BCUT2D eigenvalue weighted by Gasteiger charge is 2.08. The number of nitrogens with one attached hydrogen (secondary N) is 1. The zero-order valence-corrected chi connectivity index (χ0v) is 14.9. The van der Waals surface area contributed by atoms with Crippen molar-refractivity contribution in [1.82, 2.24) is 19.6 Å². The van der Waals surface area contributed by atoms with E-state index in [-0.39, 0.29) is 5.91 Å². The standard InChI is InChI=1S/C17H18BrN5O/c1-13-16(18)10-20-23(13)8-7-17(24)21-15-9-19-22(12-15)11-14-5-3-2-4-6-14/h2-6,9-10,12H,7-8,11H2,1H3,(H,21,24). The Hall–Kier alpha value is -2.41. The number of halogens is 1. The second-order valence-corrected chi connectivity index (χ2v) is 6.37. The van der Waals surface area contributed by atoms with Gasteiger partial charge in [0.2, 0.25) is 5.91 Å². The summed E-state index contributed by atoms with van der Waals surface area (Å²) in [5, 5.41) is 11.4. The van der Waals surface area contributed by atoms with Gasteiger partial charge in [0.1, 0.15) is 0 Å². The summed E-state index contributed by atoms with van der Waals surface area (Å²) in [5.41, 5.74) is 2.88. The monoisotopic (exact) mass is 387 g/mol. The Morgan fingerprint density at radius 2 is 2.00 bits per heavy atom. The topological polar surface area (TPSA) is 64.7 Å². The molecule has 1 N–H and O–H groups in total. The highest BCUT2D eigenvalue weighted by Crippen LogP contribution is 2.15. The molecule has 0 unspecified atom stereocenters. The predicted molar refractivity (Wildman–Crippen MR) is 95.7 cm³/mol. The van der Waals surface area contributed by atoms with Crippen LogP contribution < -0.4 is 5.32 Å². The molecular formula is C17H18BrN5O. The first-order valence-corrected chi connectivity index (χ1v) is 8.45. The van der Waals surface area contributed by atoms with Gasteiger partial charge in [0, 0.05) is 18.3 Å². The van der Waals surface area contributed by atoms with Gasteiger partial charge in [0.25, 0.3) is 0 Å². The molecule has 7 heteroatoms. The molecule has 1 amide bonds. The lowest BCUT2D eigenvalue weighted by Crippen LogP contribution is -2.15. The average molecular weight is 388 g/mol. The summed E-state index contributed by atoms with van der Waals surface area (Å²) >= 11 is 3.41. The summed E-state index contributed by atoms with van der Waals surface area (Å²) in [6.07, 6.45) is 5.59. The summed E-state index contributed by atoms with van der Waals surface area (Å²) in [5.74, 6) is -0.0553. The van der Waals surface area contributed by atoms with Gasteiger partial charge in [-0.05, 0) is 28.4 Å². The maximum absolute atomic E-state index is 12.1. The lowest BCUT2D eigenvalue weighted by atomic mass is 10.2. The molecule has 124 valence electrons. The first-order valence-electron chi connectivity index (χ1n) is 7.66. The lowest BCUT2D eigenvalue weighted by molar-refractivity contribution is -0.116. The molecule has 1 aromatic carbocycles. The summed E-state index contributed by atoms with van der Waals surface area (Å²) in [6.45, 7) is 3.18. The van der Waals surface area contributed by atoms with E-state index in [9.17, 15) is 4.79 Å². The van der Waals surface area contributed by atoms with Crippen molar-refractivity contribution in [2.24, 2.45) is 0 Å². The Bertz CT molecular complexity index is 825. The molecule has 2 aromatic heterocycles. The van der Waals surface area contributed by atoms with E-state index in [4.69, 9.17) is 0 Å². The quantitative estimate of drug-likeness (QED) is 0.705. The number of benzene rings is 1. The van der Waals surface area contributed by atoms with Crippen LogP contribution in [0.3, 0.4) is 0 Å². The summed E-state index contributed by atoms with van der Waals surface area (Å²) in [6, 6.07) is 10.1. The maximum Gasteiger partial charge on any atom is 0.226 e. The van der Waals surface area contributed by atoms with Crippen LogP contribution in [0.5, 0.6) is 0 Å². The van der Waals surface area contributed by atoms with Crippen molar-refractivity contribution in [2.45, 2.75) is 26.4 Å². The highest BCUT2D eigenvalue weighted by atomic mass is 79.9. The molecule has 0 bridgehead atoms. The third-order valence-electron chi connectivity index (χ3n) is 3.70. The van der Waals surface area contributed by atoms with Crippen molar-refractivity contribution in [3.8, 4) is 0 Å². The van der Waals surface area contributed by atoms with Gasteiger partial charge in [0.05, 0.1) is 35.6 Å². The number of rotatable bonds is 6. The Labute approximate surface area is 148 Å². The van der Waals surface area contributed by atoms with Gasteiger partial charge < -0.3 is 5.32 Å². The Kier molecular flexibility index (Phi) is 5.10. The molecule has 3 aromatic rings. The van der Waals surface area contributed by atoms with Gasteiger partial charge >= 0.3 is 0 Å². The van der Waals surface area contributed by atoms with E-state index in [1.807, 2.05) is 48.1 Å². The minimum Gasteiger partial charge on any atom is -0.323 e. The number of anilines is 1. The maximum atomic E-state index is 12.1. The first-order chi connectivity index (χ1) is 11.6. The minimum atomic E-state index is -0.0553. The van der Waals surface area contributed by atoms with Crippen LogP contribution in [0.25, 0.3) is 0 Å². The number of hydrogen-bond acceptors (Lipinski definition) is 3. The van der Waals surface area contributed by atoms with Crippen molar-refractivity contribution >= 4 is 27.5 Å². The van der Waals surface area contributed by atoms with Gasteiger partial charge in [-0.25, -0.2) is 0 Å². The molecule has 0 radical (unpaired) electrons. The van der Waals surface area contributed by atoms with E-state index >= 15 is 0 Å². The fraction of sp³-hybridized carbons (Fsp3) is 0.235. The van der Waals surface area contributed by atoms with Gasteiger partial charge in [0.15, 0.2) is 0 Å². The van der Waals surface area contributed by atoms with Crippen molar-refractivity contribution in [2.75, 3.05) is 5.32 Å². The fourth-order valence-electron chi connectivity index (χ4n) is 2.37. The number of amides is 1. The first kappa shape index (κ1) is 16.4. The molecule has 3 rings (SSSR count). The molecule has 0 saturated heterocycles. The van der Waals surface area contributed by atoms with Crippen LogP contribution in [-0.2, 0) is 17.9 Å². The summed E-state index contributed by atoms with van der Waals surface area (Å²) in [7, 11) is 0. The predicted octanol–water partition coefficient (Wildman–Crippen LogP) is 3.23. The van der Waals surface area contributed by atoms with Crippen LogP contribution in [0, 0.1) is 6.92 Å². The fourth-order valence-corrected chi connectivity index (χ4v) is 2.66. The third-order valence-corrected chi connectivity index (χ3v) is 4.48. The van der Waals surface area contributed by atoms with Crippen LogP contribution in [0.4, 0.5) is 5.69 Å². The number of carbonyl (C=O) groups is 1. The van der Waals surface area contributed by atoms with E-state index in [2.05, 4.69) is 31.4 Å². The largest absolute Gasteiger partial charge is 0.323 e.